The Morgan fingerprint density at radius 3 is 2.43 bits per heavy atom. The molecule has 0 saturated heterocycles. The van der Waals surface area contributed by atoms with Gasteiger partial charge in [0.25, 0.3) is 0 Å². The molecule has 82 valence electrons. The highest BCUT2D eigenvalue weighted by molar-refractivity contribution is 7.89. The highest BCUT2D eigenvalue weighted by Crippen LogP contribution is 2.51. The van der Waals surface area contributed by atoms with Crippen LogP contribution in [0.4, 0.5) is 0 Å². The number of hydrogen-bond donors (Lipinski definition) is 2. The SMILES string of the molecule is CC1(C)CC1C(=O)NCCS(N)(=O)=O. The first-order valence-corrected chi connectivity index (χ1v) is 6.22. The van der Waals surface area contributed by atoms with Crippen LogP contribution in [-0.4, -0.2) is 26.6 Å². The van der Waals surface area contributed by atoms with E-state index in [-0.39, 0.29) is 29.5 Å². The van der Waals surface area contributed by atoms with Gasteiger partial charge in [-0.1, -0.05) is 13.8 Å². The number of carbonyl (C=O) groups is 1. The van der Waals surface area contributed by atoms with Gasteiger partial charge in [-0.3, -0.25) is 4.79 Å². The average Bonchev–Trinajstić information content (AvgIpc) is 2.57. The van der Waals surface area contributed by atoms with Crippen LogP contribution < -0.4 is 10.5 Å². The summed E-state index contributed by atoms with van der Waals surface area (Å²) in [6.45, 7) is 4.12. The van der Waals surface area contributed by atoms with Crippen molar-refractivity contribution < 1.29 is 13.2 Å². The number of sulfonamides is 1. The van der Waals surface area contributed by atoms with Crippen molar-refractivity contribution in [3.8, 4) is 0 Å². The summed E-state index contributed by atoms with van der Waals surface area (Å²) in [6.07, 6.45) is 0.869. The van der Waals surface area contributed by atoms with Gasteiger partial charge >= 0.3 is 0 Å². The van der Waals surface area contributed by atoms with Gasteiger partial charge in [0.1, 0.15) is 0 Å². The molecule has 6 heteroatoms. The minimum absolute atomic E-state index is 0.0305. The summed E-state index contributed by atoms with van der Waals surface area (Å²) < 4.78 is 21.1. The third-order valence-electron chi connectivity index (χ3n) is 2.52. The lowest BCUT2D eigenvalue weighted by atomic mass is 10.1. The van der Waals surface area contributed by atoms with Crippen molar-refractivity contribution in [3.63, 3.8) is 0 Å². The van der Waals surface area contributed by atoms with Crippen LogP contribution in [0.1, 0.15) is 20.3 Å². The minimum Gasteiger partial charge on any atom is -0.355 e. The zero-order valence-electron chi connectivity index (χ0n) is 8.41. The molecule has 0 aliphatic heterocycles. The van der Waals surface area contributed by atoms with E-state index in [4.69, 9.17) is 5.14 Å². The number of amides is 1. The molecule has 1 saturated carbocycles. The molecule has 0 aromatic heterocycles. The second kappa shape index (κ2) is 3.51. The van der Waals surface area contributed by atoms with E-state index in [0.29, 0.717) is 0 Å². The fraction of sp³-hybridized carbons (Fsp3) is 0.875. The second-order valence-corrected chi connectivity index (χ2v) is 6.14. The standard InChI is InChI=1S/C8H16N2O3S/c1-8(2)5-6(8)7(11)10-3-4-14(9,12)13/h6H,3-5H2,1-2H3,(H,10,11)(H2,9,12,13). The van der Waals surface area contributed by atoms with Gasteiger partial charge in [-0.15, -0.1) is 0 Å². The number of carbonyl (C=O) groups excluding carboxylic acids is 1. The number of rotatable bonds is 4. The first-order valence-electron chi connectivity index (χ1n) is 4.50. The van der Waals surface area contributed by atoms with Crippen molar-refractivity contribution in [3.05, 3.63) is 0 Å². The first kappa shape index (κ1) is 11.5. The summed E-state index contributed by atoms with van der Waals surface area (Å²) in [5, 5.41) is 7.35. The lowest BCUT2D eigenvalue weighted by molar-refractivity contribution is -0.122. The maximum absolute atomic E-state index is 11.4. The van der Waals surface area contributed by atoms with E-state index in [9.17, 15) is 13.2 Å². The van der Waals surface area contributed by atoms with Crippen LogP contribution in [0.5, 0.6) is 0 Å². The Kier molecular flexibility index (Phi) is 2.87. The highest BCUT2D eigenvalue weighted by Gasteiger charge is 2.50. The van der Waals surface area contributed by atoms with Gasteiger partial charge in [0.05, 0.1) is 5.75 Å². The van der Waals surface area contributed by atoms with Gasteiger partial charge < -0.3 is 5.32 Å². The van der Waals surface area contributed by atoms with Crippen molar-refractivity contribution in [2.24, 2.45) is 16.5 Å². The van der Waals surface area contributed by atoms with Crippen LogP contribution in [0.25, 0.3) is 0 Å². The van der Waals surface area contributed by atoms with E-state index in [2.05, 4.69) is 5.32 Å². The Morgan fingerprint density at radius 1 is 1.57 bits per heavy atom. The van der Waals surface area contributed by atoms with Crippen molar-refractivity contribution in [2.75, 3.05) is 12.3 Å². The minimum atomic E-state index is -3.47. The summed E-state index contributed by atoms with van der Waals surface area (Å²) in [5.74, 6) is -0.243. The van der Waals surface area contributed by atoms with Crippen molar-refractivity contribution in [1.29, 1.82) is 0 Å². The van der Waals surface area contributed by atoms with Crippen LogP contribution in [0.15, 0.2) is 0 Å². The van der Waals surface area contributed by atoms with Gasteiger partial charge in [0.15, 0.2) is 0 Å². The molecule has 1 amide bonds. The summed E-state index contributed by atoms with van der Waals surface area (Å²) in [4.78, 5) is 11.4. The highest BCUT2D eigenvalue weighted by atomic mass is 32.2. The Balaban J connectivity index is 2.24. The molecule has 1 aliphatic carbocycles. The fourth-order valence-corrected chi connectivity index (χ4v) is 1.74. The largest absolute Gasteiger partial charge is 0.355 e. The van der Waals surface area contributed by atoms with Crippen LogP contribution >= 0.6 is 0 Å². The maximum atomic E-state index is 11.4. The van der Waals surface area contributed by atoms with Crippen LogP contribution in [0.2, 0.25) is 0 Å². The van der Waals surface area contributed by atoms with E-state index in [0.717, 1.165) is 6.42 Å². The lowest BCUT2D eigenvalue weighted by Gasteiger charge is -2.05. The molecule has 1 fully saturated rings. The molecule has 0 bridgehead atoms. The molecule has 3 N–H and O–H groups in total. The molecule has 0 aromatic carbocycles. The van der Waals surface area contributed by atoms with Crippen LogP contribution in [-0.2, 0) is 14.8 Å². The van der Waals surface area contributed by atoms with E-state index in [1.807, 2.05) is 13.8 Å². The molecule has 1 aliphatic rings. The molecule has 1 rings (SSSR count). The normalized spacial score (nSPS) is 24.4. The topological polar surface area (TPSA) is 89.3 Å². The zero-order valence-corrected chi connectivity index (χ0v) is 9.23. The Labute approximate surface area is 84.1 Å². The number of nitrogens with one attached hydrogen (secondary N) is 1. The van der Waals surface area contributed by atoms with Crippen molar-refractivity contribution in [2.45, 2.75) is 20.3 Å². The quantitative estimate of drug-likeness (QED) is 0.665. The molecule has 1 unspecified atom stereocenters. The zero-order chi connectivity index (χ0) is 11.0. The number of nitrogens with two attached hydrogens (primary N) is 1. The Hall–Kier alpha value is -0.620. The maximum Gasteiger partial charge on any atom is 0.223 e. The summed E-state index contributed by atoms with van der Waals surface area (Å²) in [6, 6.07) is 0. The molecule has 0 heterocycles. The van der Waals surface area contributed by atoms with E-state index >= 15 is 0 Å². The first-order chi connectivity index (χ1) is 6.22. The van der Waals surface area contributed by atoms with Gasteiger partial charge in [-0.25, -0.2) is 13.6 Å². The van der Waals surface area contributed by atoms with E-state index < -0.39 is 10.0 Å². The molecule has 0 radical (unpaired) electrons. The summed E-state index contributed by atoms with van der Waals surface area (Å²) in [5.41, 5.74) is 0.0751. The van der Waals surface area contributed by atoms with Gasteiger partial charge in [0, 0.05) is 12.5 Å². The Bertz CT molecular complexity index is 334. The summed E-state index contributed by atoms with van der Waals surface area (Å²) >= 11 is 0. The third kappa shape index (κ3) is 3.26. The molecule has 0 aromatic rings. The smallest absolute Gasteiger partial charge is 0.223 e. The van der Waals surface area contributed by atoms with Crippen LogP contribution in [0, 0.1) is 11.3 Å². The molecule has 1 atom stereocenters. The Morgan fingerprint density at radius 2 is 2.07 bits per heavy atom. The molecule has 5 nitrogen and oxygen atoms in total. The number of hydrogen-bond acceptors (Lipinski definition) is 3. The van der Waals surface area contributed by atoms with Gasteiger partial charge in [0.2, 0.25) is 15.9 Å². The predicted molar refractivity (Wildman–Crippen MR) is 52.9 cm³/mol. The van der Waals surface area contributed by atoms with Crippen LogP contribution in [0.3, 0.4) is 0 Å². The van der Waals surface area contributed by atoms with Crippen molar-refractivity contribution >= 4 is 15.9 Å². The second-order valence-electron chi connectivity index (χ2n) is 4.40. The van der Waals surface area contributed by atoms with E-state index in [1.54, 1.807) is 0 Å². The summed E-state index contributed by atoms with van der Waals surface area (Å²) in [7, 11) is -3.47. The molecular formula is C8H16N2O3S. The average molecular weight is 220 g/mol. The van der Waals surface area contributed by atoms with Gasteiger partial charge in [-0.2, -0.15) is 0 Å². The number of primary sulfonamides is 1. The van der Waals surface area contributed by atoms with E-state index in [1.165, 1.54) is 0 Å². The lowest BCUT2D eigenvalue weighted by Crippen LogP contribution is -2.33. The monoisotopic (exact) mass is 220 g/mol. The molecular weight excluding hydrogens is 204 g/mol. The van der Waals surface area contributed by atoms with Crippen molar-refractivity contribution in [1.82, 2.24) is 5.32 Å². The third-order valence-corrected chi connectivity index (χ3v) is 3.29. The molecule has 14 heavy (non-hydrogen) atoms. The molecule has 0 spiro atoms. The van der Waals surface area contributed by atoms with Gasteiger partial charge in [-0.05, 0) is 11.8 Å². The fourth-order valence-electron chi connectivity index (χ4n) is 1.35. The predicted octanol–water partition coefficient (Wildman–Crippen LogP) is -0.563.